The third-order valence-electron chi connectivity index (χ3n) is 4.73. The zero-order valence-corrected chi connectivity index (χ0v) is 13.5. The van der Waals surface area contributed by atoms with E-state index in [2.05, 4.69) is 39.7 Å². The molecule has 0 unspecified atom stereocenters. The molecule has 5 nitrogen and oxygen atoms in total. The van der Waals surface area contributed by atoms with Crippen LogP contribution in [-0.4, -0.2) is 21.6 Å². The van der Waals surface area contributed by atoms with Crippen molar-refractivity contribution in [3.8, 4) is 11.4 Å². The lowest BCUT2D eigenvalue weighted by Gasteiger charge is -2.14. The van der Waals surface area contributed by atoms with Gasteiger partial charge < -0.3 is 15.0 Å². The Morgan fingerprint density at radius 2 is 2.13 bits per heavy atom. The van der Waals surface area contributed by atoms with Crippen molar-refractivity contribution < 1.29 is 4.74 Å². The van der Waals surface area contributed by atoms with E-state index in [1.165, 1.54) is 16.8 Å². The number of aryl methyl sites for hydroxylation is 2. The Balaban J connectivity index is 2.03. The maximum absolute atomic E-state index is 6.18. The third kappa shape index (κ3) is 2.00. The molecule has 1 aromatic carbocycles. The summed E-state index contributed by atoms with van der Waals surface area (Å²) < 4.78 is 7.78. The molecule has 0 radical (unpaired) electrons. The average Bonchev–Trinajstić information content (AvgIpc) is 3.16. The first-order valence-corrected chi connectivity index (χ1v) is 8.04. The van der Waals surface area contributed by atoms with Gasteiger partial charge in [0.2, 0.25) is 0 Å². The Morgan fingerprint density at radius 3 is 2.91 bits per heavy atom. The zero-order valence-electron chi connectivity index (χ0n) is 13.5. The molecule has 0 atom stereocenters. The van der Waals surface area contributed by atoms with E-state index in [0.717, 1.165) is 48.2 Å². The van der Waals surface area contributed by atoms with Crippen LogP contribution in [0.1, 0.15) is 30.2 Å². The van der Waals surface area contributed by atoms with E-state index in [1.54, 1.807) is 13.4 Å². The number of nitrogen functional groups attached to an aromatic ring is 1. The minimum atomic E-state index is 0.530. The number of fused-ring (bicyclic) bond motifs is 3. The van der Waals surface area contributed by atoms with E-state index in [9.17, 15) is 0 Å². The molecule has 23 heavy (non-hydrogen) atoms. The van der Waals surface area contributed by atoms with Gasteiger partial charge in [0.25, 0.3) is 0 Å². The van der Waals surface area contributed by atoms with E-state index < -0.39 is 0 Å². The van der Waals surface area contributed by atoms with Crippen LogP contribution in [0, 0.1) is 0 Å². The van der Waals surface area contributed by atoms with Crippen molar-refractivity contribution in [3.63, 3.8) is 0 Å². The number of nitrogens with two attached hydrogens (primary N) is 1. The average molecular weight is 308 g/mol. The standard InChI is InChI=1S/C18H20N4O/c1-3-11-7-8-12(9-15(11)23-2)22-14-6-4-5-13(14)16-17(22)18(19)21-10-20-16/h7-10H,3-6H2,1-2H3,(H2,19,20,21). The van der Waals surface area contributed by atoms with E-state index >= 15 is 0 Å². The van der Waals surface area contributed by atoms with Crippen molar-refractivity contribution in [2.75, 3.05) is 12.8 Å². The number of rotatable bonds is 3. The molecule has 0 spiro atoms. The quantitative estimate of drug-likeness (QED) is 0.807. The van der Waals surface area contributed by atoms with Crippen LogP contribution in [0.5, 0.6) is 5.75 Å². The molecule has 1 aliphatic carbocycles. The van der Waals surface area contributed by atoms with Gasteiger partial charge in [-0.3, -0.25) is 0 Å². The van der Waals surface area contributed by atoms with Gasteiger partial charge in [-0.1, -0.05) is 13.0 Å². The molecule has 118 valence electrons. The lowest BCUT2D eigenvalue weighted by molar-refractivity contribution is 0.410. The third-order valence-corrected chi connectivity index (χ3v) is 4.73. The summed E-state index contributed by atoms with van der Waals surface area (Å²) in [5.74, 6) is 1.44. The summed E-state index contributed by atoms with van der Waals surface area (Å²) in [6, 6.07) is 6.34. The zero-order chi connectivity index (χ0) is 16.0. The van der Waals surface area contributed by atoms with Gasteiger partial charge in [-0.25, -0.2) is 9.97 Å². The molecule has 0 bridgehead atoms. The molecule has 2 aromatic heterocycles. The molecular formula is C18H20N4O. The van der Waals surface area contributed by atoms with Crippen LogP contribution in [0.4, 0.5) is 5.82 Å². The summed E-state index contributed by atoms with van der Waals surface area (Å²) in [4.78, 5) is 8.69. The Labute approximate surface area is 135 Å². The van der Waals surface area contributed by atoms with Gasteiger partial charge in [-0.15, -0.1) is 0 Å². The molecule has 5 heteroatoms. The van der Waals surface area contributed by atoms with Crippen molar-refractivity contribution in [2.24, 2.45) is 0 Å². The minimum absolute atomic E-state index is 0.530. The molecule has 0 saturated heterocycles. The Morgan fingerprint density at radius 1 is 1.26 bits per heavy atom. The van der Waals surface area contributed by atoms with Gasteiger partial charge in [0.1, 0.15) is 17.6 Å². The van der Waals surface area contributed by atoms with E-state index in [-0.39, 0.29) is 0 Å². The fourth-order valence-electron chi connectivity index (χ4n) is 3.65. The van der Waals surface area contributed by atoms with Crippen molar-refractivity contribution in [1.29, 1.82) is 0 Å². The van der Waals surface area contributed by atoms with E-state index in [1.807, 2.05) is 0 Å². The number of anilines is 1. The SMILES string of the molecule is CCc1ccc(-n2c3c(c4ncnc(N)c42)CCC3)cc1OC. The molecule has 4 rings (SSSR count). The topological polar surface area (TPSA) is 66.0 Å². The summed E-state index contributed by atoms with van der Waals surface area (Å²) in [7, 11) is 1.72. The first kappa shape index (κ1) is 14.1. The maximum atomic E-state index is 6.18. The fraction of sp³-hybridized carbons (Fsp3) is 0.333. The van der Waals surface area contributed by atoms with Gasteiger partial charge in [-0.05, 0) is 42.9 Å². The fourth-order valence-corrected chi connectivity index (χ4v) is 3.65. The number of nitrogens with zero attached hydrogens (tertiary/aromatic N) is 3. The van der Waals surface area contributed by atoms with E-state index in [0.29, 0.717) is 5.82 Å². The van der Waals surface area contributed by atoms with Gasteiger partial charge in [0.05, 0.1) is 12.6 Å². The van der Waals surface area contributed by atoms with Crippen molar-refractivity contribution in [2.45, 2.75) is 32.6 Å². The molecule has 1 aliphatic rings. The second kappa shape index (κ2) is 5.26. The molecule has 3 aromatic rings. The summed E-state index contributed by atoms with van der Waals surface area (Å²) in [5.41, 5.74) is 13.0. The maximum Gasteiger partial charge on any atom is 0.151 e. The Bertz CT molecular complexity index is 898. The van der Waals surface area contributed by atoms with E-state index in [4.69, 9.17) is 10.5 Å². The minimum Gasteiger partial charge on any atom is -0.496 e. The molecule has 2 heterocycles. The summed E-state index contributed by atoms with van der Waals surface area (Å²) in [6.45, 7) is 2.13. The van der Waals surface area contributed by atoms with Gasteiger partial charge in [0, 0.05) is 17.4 Å². The predicted molar refractivity (Wildman–Crippen MR) is 91.2 cm³/mol. The Hall–Kier alpha value is -2.56. The smallest absolute Gasteiger partial charge is 0.151 e. The predicted octanol–water partition coefficient (Wildman–Crippen LogP) is 3.06. The summed E-state index contributed by atoms with van der Waals surface area (Å²) >= 11 is 0. The normalized spacial score (nSPS) is 13.5. The number of aromatic nitrogens is 3. The summed E-state index contributed by atoms with van der Waals surface area (Å²) in [6.07, 6.45) is 5.76. The number of benzene rings is 1. The monoisotopic (exact) mass is 308 g/mol. The van der Waals surface area contributed by atoms with Crippen LogP contribution in [-0.2, 0) is 19.3 Å². The highest BCUT2D eigenvalue weighted by Gasteiger charge is 2.25. The molecule has 0 saturated carbocycles. The van der Waals surface area contributed by atoms with Crippen LogP contribution < -0.4 is 10.5 Å². The number of hydrogen-bond donors (Lipinski definition) is 1. The number of methoxy groups -OCH3 is 1. The lowest BCUT2D eigenvalue weighted by Crippen LogP contribution is -2.03. The highest BCUT2D eigenvalue weighted by molar-refractivity contribution is 5.91. The first-order chi connectivity index (χ1) is 11.2. The molecule has 0 aliphatic heterocycles. The van der Waals surface area contributed by atoms with Crippen molar-refractivity contribution in [3.05, 3.63) is 41.3 Å². The lowest BCUT2D eigenvalue weighted by atomic mass is 10.1. The highest BCUT2D eigenvalue weighted by atomic mass is 16.5. The van der Waals surface area contributed by atoms with Gasteiger partial charge in [-0.2, -0.15) is 0 Å². The largest absolute Gasteiger partial charge is 0.496 e. The van der Waals surface area contributed by atoms with Crippen molar-refractivity contribution >= 4 is 16.9 Å². The van der Waals surface area contributed by atoms with Crippen molar-refractivity contribution in [1.82, 2.24) is 14.5 Å². The molecule has 2 N–H and O–H groups in total. The molecular weight excluding hydrogens is 288 g/mol. The van der Waals surface area contributed by atoms with Crippen LogP contribution in [0.3, 0.4) is 0 Å². The second-order valence-corrected chi connectivity index (χ2v) is 5.92. The van der Waals surface area contributed by atoms with Gasteiger partial charge in [0.15, 0.2) is 5.82 Å². The summed E-state index contributed by atoms with van der Waals surface area (Å²) in [5, 5.41) is 0. The molecule has 0 amide bonds. The van der Waals surface area contributed by atoms with Crippen LogP contribution in [0.2, 0.25) is 0 Å². The Kier molecular flexibility index (Phi) is 3.22. The highest BCUT2D eigenvalue weighted by Crippen LogP contribution is 2.37. The van der Waals surface area contributed by atoms with Crippen LogP contribution >= 0.6 is 0 Å². The first-order valence-electron chi connectivity index (χ1n) is 8.04. The van der Waals surface area contributed by atoms with Gasteiger partial charge >= 0.3 is 0 Å². The van der Waals surface area contributed by atoms with Crippen LogP contribution in [0.15, 0.2) is 24.5 Å². The molecule has 0 fully saturated rings. The number of ether oxygens (including phenoxy) is 1. The second-order valence-electron chi connectivity index (χ2n) is 5.92. The van der Waals surface area contributed by atoms with Crippen LogP contribution in [0.25, 0.3) is 16.7 Å². The number of hydrogen-bond acceptors (Lipinski definition) is 4.